The summed E-state index contributed by atoms with van der Waals surface area (Å²) in [4.78, 5) is 8.33. The zero-order valence-electron chi connectivity index (χ0n) is 14.5. The lowest BCUT2D eigenvalue weighted by Gasteiger charge is -2.30. The Balaban J connectivity index is 1.72. The summed E-state index contributed by atoms with van der Waals surface area (Å²) in [5.74, 6) is 0. The number of rotatable bonds is 5. The fraction of sp³-hybridized carbons (Fsp3) is 0.0909. The minimum absolute atomic E-state index is 0.213. The molecule has 4 rings (SSSR count). The molecular formula is C22H18ClN3O. The van der Waals surface area contributed by atoms with Crippen LogP contribution in [0.1, 0.15) is 11.1 Å². The van der Waals surface area contributed by atoms with E-state index in [1.165, 1.54) is 0 Å². The van der Waals surface area contributed by atoms with Crippen LogP contribution in [0.3, 0.4) is 0 Å². The predicted octanol–water partition coefficient (Wildman–Crippen LogP) is 4.63. The molecule has 0 aliphatic heterocycles. The van der Waals surface area contributed by atoms with Gasteiger partial charge >= 0.3 is 0 Å². The van der Waals surface area contributed by atoms with Crippen LogP contribution in [0.4, 0.5) is 5.69 Å². The zero-order chi connectivity index (χ0) is 18.7. The summed E-state index contributed by atoms with van der Waals surface area (Å²) in [6, 6.07) is 25.0. The number of nitrogens with zero attached hydrogens (tertiary/aromatic N) is 2. The van der Waals surface area contributed by atoms with Crippen molar-refractivity contribution in [3.05, 3.63) is 101 Å². The number of halogens is 1. The van der Waals surface area contributed by atoms with Crippen molar-refractivity contribution >= 4 is 28.2 Å². The van der Waals surface area contributed by atoms with Crippen molar-refractivity contribution in [1.29, 1.82) is 0 Å². The number of hydrogen-bond acceptors (Lipinski definition) is 4. The molecule has 0 saturated heterocycles. The van der Waals surface area contributed by atoms with Gasteiger partial charge in [0.2, 0.25) is 5.28 Å². The summed E-state index contributed by atoms with van der Waals surface area (Å²) >= 11 is 5.90. The monoisotopic (exact) mass is 375 g/mol. The largest absolute Gasteiger partial charge is 0.381 e. The van der Waals surface area contributed by atoms with Gasteiger partial charge in [0.05, 0.1) is 12.1 Å². The summed E-state index contributed by atoms with van der Waals surface area (Å²) < 4.78 is 0. The lowest BCUT2D eigenvalue weighted by Crippen LogP contribution is -2.35. The van der Waals surface area contributed by atoms with Crippen molar-refractivity contribution in [2.75, 3.05) is 11.9 Å². The van der Waals surface area contributed by atoms with Gasteiger partial charge in [-0.05, 0) is 34.9 Å². The molecule has 0 aliphatic rings. The molecule has 0 spiro atoms. The highest BCUT2D eigenvalue weighted by Crippen LogP contribution is 2.31. The molecule has 0 saturated carbocycles. The van der Waals surface area contributed by atoms with E-state index in [2.05, 4.69) is 15.3 Å². The Labute approximate surface area is 162 Å². The lowest BCUT2D eigenvalue weighted by molar-refractivity contribution is 0.0950. The molecule has 4 aromatic rings. The summed E-state index contributed by atoms with van der Waals surface area (Å²) in [6.45, 7) is 0.294. The first-order valence-corrected chi connectivity index (χ1v) is 9.03. The van der Waals surface area contributed by atoms with Crippen LogP contribution in [0, 0.1) is 0 Å². The minimum atomic E-state index is -1.18. The van der Waals surface area contributed by atoms with E-state index >= 15 is 0 Å². The maximum atomic E-state index is 11.6. The van der Waals surface area contributed by atoms with Crippen LogP contribution in [0.25, 0.3) is 10.9 Å². The molecule has 0 atom stereocenters. The second-order valence-electron chi connectivity index (χ2n) is 6.32. The van der Waals surface area contributed by atoms with Crippen LogP contribution in [0.5, 0.6) is 0 Å². The van der Waals surface area contributed by atoms with Crippen molar-refractivity contribution in [3.8, 4) is 0 Å². The molecule has 3 aromatic carbocycles. The number of hydrogen-bond donors (Lipinski definition) is 2. The average Bonchev–Trinajstić information content (AvgIpc) is 2.73. The molecule has 1 heterocycles. The Hall–Kier alpha value is -2.95. The van der Waals surface area contributed by atoms with Crippen molar-refractivity contribution in [2.24, 2.45) is 0 Å². The van der Waals surface area contributed by atoms with Gasteiger partial charge in [-0.2, -0.15) is 0 Å². The first kappa shape index (κ1) is 17.5. The maximum Gasteiger partial charge on any atom is 0.222 e. The Morgan fingerprint density at radius 3 is 2.11 bits per heavy atom. The molecule has 0 unspecified atom stereocenters. The van der Waals surface area contributed by atoms with Crippen LogP contribution >= 0.6 is 11.6 Å². The normalized spacial score (nSPS) is 11.5. The number of fused-ring (bicyclic) bond motifs is 1. The van der Waals surface area contributed by atoms with Gasteiger partial charge in [0, 0.05) is 17.3 Å². The SMILES string of the molecule is OC(CNc1cccc2nc(Cl)ncc12)(c1ccccc1)c1ccccc1. The molecular weight excluding hydrogens is 358 g/mol. The number of nitrogens with one attached hydrogen (secondary N) is 1. The Kier molecular flexibility index (Phi) is 4.75. The quantitative estimate of drug-likeness (QED) is 0.499. The number of aliphatic hydroxyl groups is 1. The summed E-state index contributed by atoms with van der Waals surface area (Å²) in [5.41, 5.74) is 2.06. The van der Waals surface area contributed by atoms with Crippen LogP contribution in [0.2, 0.25) is 5.28 Å². The number of anilines is 1. The molecule has 5 heteroatoms. The highest BCUT2D eigenvalue weighted by atomic mass is 35.5. The standard InChI is InChI=1S/C22H18ClN3O/c23-21-24-14-18-19(12-7-13-20(18)26-21)25-15-22(27,16-8-3-1-4-9-16)17-10-5-2-6-11-17/h1-14,25,27H,15H2. The Bertz CT molecular complexity index is 1020. The van der Waals surface area contributed by atoms with Gasteiger partial charge in [-0.3, -0.25) is 0 Å². The van der Waals surface area contributed by atoms with E-state index in [4.69, 9.17) is 11.6 Å². The zero-order valence-corrected chi connectivity index (χ0v) is 15.3. The van der Waals surface area contributed by atoms with Crippen LogP contribution in [0.15, 0.2) is 85.1 Å². The van der Waals surface area contributed by atoms with Crippen molar-refractivity contribution < 1.29 is 5.11 Å². The van der Waals surface area contributed by atoms with E-state index in [1.54, 1.807) is 6.20 Å². The van der Waals surface area contributed by atoms with E-state index in [-0.39, 0.29) is 5.28 Å². The molecule has 134 valence electrons. The second-order valence-corrected chi connectivity index (χ2v) is 6.66. The molecule has 0 radical (unpaired) electrons. The van der Waals surface area contributed by atoms with Gasteiger partial charge in [-0.1, -0.05) is 66.7 Å². The molecule has 27 heavy (non-hydrogen) atoms. The van der Waals surface area contributed by atoms with E-state index in [0.717, 1.165) is 27.7 Å². The highest BCUT2D eigenvalue weighted by molar-refractivity contribution is 6.28. The minimum Gasteiger partial charge on any atom is -0.381 e. The van der Waals surface area contributed by atoms with Crippen LogP contribution < -0.4 is 5.32 Å². The van der Waals surface area contributed by atoms with Crippen molar-refractivity contribution in [3.63, 3.8) is 0 Å². The fourth-order valence-electron chi connectivity index (χ4n) is 3.21. The van der Waals surface area contributed by atoms with E-state index in [9.17, 15) is 5.11 Å². The molecule has 2 N–H and O–H groups in total. The van der Waals surface area contributed by atoms with Crippen LogP contribution in [-0.2, 0) is 5.60 Å². The fourth-order valence-corrected chi connectivity index (χ4v) is 3.35. The third-order valence-electron chi connectivity index (χ3n) is 4.63. The lowest BCUT2D eigenvalue weighted by atomic mass is 9.86. The molecule has 1 aromatic heterocycles. The smallest absolute Gasteiger partial charge is 0.222 e. The second kappa shape index (κ2) is 7.35. The van der Waals surface area contributed by atoms with E-state index in [0.29, 0.717) is 6.54 Å². The summed E-state index contributed by atoms with van der Waals surface area (Å²) in [5, 5.41) is 16.1. The van der Waals surface area contributed by atoms with Gasteiger partial charge in [0.1, 0.15) is 5.60 Å². The molecule has 4 nitrogen and oxygen atoms in total. The van der Waals surface area contributed by atoms with Gasteiger partial charge in [-0.15, -0.1) is 0 Å². The first-order chi connectivity index (χ1) is 13.2. The molecule has 0 fully saturated rings. The third-order valence-corrected chi connectivity index (χ3v) is 4.82. The predicted molar refractivity (Wildman–Crippen MR) is 109 cm³/mol. The molecule has 0 amide bonds. The van der Waals surface area contributed by atoms with E-state index < -0.39 is 5.60 Å². The molecule has 0 aliphatic carbocycles. The molecule has 0 bridgehead atoms. The van der Waals surface area contributed by atoms with Gasteiger partial charge in [0.15, 0.2) is 0 Å². The number of benzene rings is 3. The van der Waals surface area contributed by atoms with Crippen molar-refractivity contribution in [1.82, 2.24) is 9.97 Å². The maximum absolute atomic E-state index is 11.6. The van der Waals surface area contributed by atoms with Gasteiger partial charge in [0.25, 0.3) is 0 Å². The average molecular weight is 376 g/mol. The van der Waals surface area contributed by atoms with Crippen molar-refractivity contribution in [2.45, 2.75) is 5.60 Å². The summed E-state index contributed by atoms with van der Waals surface area (Å²) in [7, 11) is 0. The first-order valence-electron chi connectivity index (χ1n) is 8.65. The third kappa shape index (κ3) is 3.50. The van der Waals surface area contributed by atoms with Crippen LogP contribution in [-0.4, -0.2) is 21.6 Å². The summed E-state index contributed by atoms with van der Waals surface area (Å²) in [6.07, 6.45) is 1.69. The van der Waals surface area contributed by atoms with Gasteiger partial charge in [-0.25, -0.2) is 9.97 Å². The topological polar surface area (TPSA) is 58.0 Å². The number of aromatic nitrogens is 2. The Morgan fingerprint density at radius 1 is 0.852 bits per heavy atom. The Morgan fingerprint density at radius 2 is 1.48 bits per heavy atom. The van der Waals surface area contributed by atoms with Gasteiger partial charge < -0.3 is 10.4 Å². The van der Waals surface area contributed by atoms with E-state index in [1.807, 2.05) is 78.9 Å². The highest BCUT2D eigenvalue weighted by Gasteiger charge is 2.31.